The molecule has 3 amide bonds. The van der Waals surface area contributed by atoms with E-state index in [4.69, 9.17) is 17.0 Å². The Bertz CT molecular complexity index is 1200. The highest BCUT2D eigenvalue weighted by molar-refractivity contribution is 7.80. The Morgan fingerprint density at radius 1 is 1.21 bits per heavy atom. The molecular weight excluding hydrogens is 440 g/mol. The number of nitrogens with zero attached hydrogens (tertiary/aromatic N) is 2. The molecule has 1 atom stereocenters. The first-order chi connectivity index (χ1) is 15.7. The molecule has 0 radical (unpaired) electrons. The molecule has 9 heteroatoms. The van der Waals surface area contributed by atoms with Gasteiger partial charge in [-0.05, 0) is 73.1 Å². The predicted molar refractivity (Wildman–Crippen MR) is 126 cm³/mol. The maximum Gasteiger partial charge on any atom is 0.261 e. The number of rotatable bonds is 6. The summed E-state index contributed by atoms with van der Waals surface area (Å²) in [6.45, 7) is 3.99. The SMILES string of the molecule is COc1ccc(CNC(=O)/C(C#N)=C/[C@@H]2C(=O)NC(=S)N(c3ccc(C)c(C)c3)C2=O)cc1. The molecule has 1 fully saturated rings. The lowest BCUT2D eigenvalue weighted by Gasteiger charge is -2.31. The van der Waals surface area contributed by atoms with E-state index in [-0.39, 0.29) is 17.2 Å². The molecule has 0 unspecified atom stereocenters. The Morgan fingerprint density at radius 2 is 1.91 bits per heavy atom. The molecule has 0 bridgehead atoms. The highest BCUT2D eigenvalue weighted by atomic mass is 32.1. The van der Waals surface area contributed by atoms with Crippen molar-refractivity contribution in [2.24, 2.45) is 5.92 Å². The van der Waals surface area contributed by atoms with Crippen LogP contribution in [0.5, 0.6) is 5.75 Å². The van der Waals surface area contributed by atoms with Crippen molar-refractivity contribution < 1.29 is 19.1 Å². The van der Waals surface area contributed by atoms with Gasteiger partial charge >= 0.3 is 0 Å². The van der Waals surface area contributed by atoms with Gasteiger partial charge in [0.2, 0.25) is 11.8 Å². The second kappa shape index (κ2) is 10.1. The largest absolute Gasteiger partial charge is 0.497 e. The Kier molecular flexibility index (Phi) is 7.20. The van der Waals surface area contributed by atoms with Gasteiger partial charge in [0, 0.05) is 6.54 Å². The Hall–Kier alpha value is -4.03. The van der Waals surface area contributed by atoms with Crippen molar-refractivity contribution in [3.8, 4) is 11.8 Å². The van der Waals surface area contributed by atoms with Crippen LogP contribution in [0.1, 0.15) is 16.7 Å². The van der Waals surface area contributed by atoms with E-state index in [0.29, 0.717) is 11.4 Å². The Morgan fingerprint density at radius 3 is 2.52 bits per heavy atom. The molecule has 2 aromatic rings. The molecule has 2 N–H and O–H groups in total. The van der Waals surface area contributed by atoms with E-state index < -0.39 is 23.6 Å². The monoisotopic (exact) mass is 462 g/mol. The lowest BCUT2D eigenvalue weighted by molar-refractivity contribution is -0.131. The molecule has 3 rings (SSSR count). The van der Waals surface area contributed by atoms with E-state index in [2.05, 4.69) is 10.6 Å². The minimum Gasteiger partial charge on any atom is -0.497 e. The molecule has 168 valence electrons. The summed E-state index contributed by atoms with van der Waals surface area (Å²) in [5, 5.41) is 14.5. The average molecular weight is 463 g/mol. The summed E-state index contributed by atoms with van der Waals surface area (Å²) in [6, 6.07) is 14.2. The molecule has 0 spiro atoms. The van der Waals surface area contributed by atoms with Crippen LogP contribution in [0.25, 0.3) is 0 Å². The van der Waals surface area contributed by atoms with Gasteiger partial charge in [0.15, 0.2) is 5.11 Å². The third-order valence-corrected chi connectivity index (χ3v) is 5.55. The molecular formula is C24H22N4O4S. The summed E-state index contributed by atoms with van der Waals surface area (Å²) in [5.74, 6) is -2.72. The molecule has 1 heterocycles. The van der Waals surface area contributed by atoms with Crippen molar-refractivity contribution in [1.82, 2.24) is 10.6 Å². The van der Waals surface area contributed by atoms with Gasteiger partial charge in [-0.1, -0.05) is 18.2 Å². The Balaban J connectivity index is 1.80. The molecule has 0 aromatic heterocycles. The van der Waals surface area contributed by atoms with Crippen LogP contribution in [0.3, 0.4) is 0 Å². The minimum absolute atomic E-state index is 0.0552. The summed E-state index contributed by atoms with van der Waals surface area (Å²) < 4.78 is 5.09. The molecule has 2 aromatic carbocycles. The number of amides is 3. The van der Waals surface area contributed by atoms with Gasteiger partial charge in [0.1, 0.15) is 23.3 Å². The number of nitriles is 1. The summed E-state index contributed by atoms with van der Waals surface area (Å²) in [4.78, 5) is 39.4. The van der Waals surface area contributed by atoms with E-state index in [1.807, 2.05) is 19.9 Å². The van der Waals surface area contributed by atoms with Gasteiger partial charge in [0.05, 0.1) is 12.8 Å². The number of carbonyl (C=O) groups excluding carboxylic acids is 3. The molecule has 1 aliphatic heterocycles. The zero-order valence-corrected chi connectivity index (χ0v) is 19.2. The van der Waals surface area contributed by atoms with Gasteiger partial charge in [-0.3, -0.25) is 19.3 Å². The number of carbonyl (C=O) groups is 3. The van der Waals surface area contributed by atoms with Crippen molar-refractivity contribution in [3.63, 3.8) is 0 Å². The Labute approximate surface area is 196 Å². The first kappa shape index (κ1) is 23.6. The van der Waals surface area contributed by atoms with Crippen LogP contribution < -0.4 is 20.3 Å². The number of methoxy groups -OCH3 is 1. The smallest absolute Gasteiger partial charge is 0.261 e. The molecule has 0 saturated carbocycles. The lowest BCUT2D eigenvalue weighted by atomic mass is 10.00. The fourth-order valence-corrected chi connectivity index (χ4v) is 3.49. The van der Waals surface area contributed by atoms with Gasteiger partial charge in [-0.15, -0.1) is 0 Å². The van der Waals surface area contributed by atoms with Gasteiger partial charge in [0.25, 0.3) is 5.91 Å². The van der Waals surface area contributed by atoms with Crippen LogP contribution in [0.2, 0.25) is 0 Å². The number of aryl methyl sites for hydroxylation is 2. The molecule has 8 nitrogen and oxygen atoms in total. The minimum atomic E-state index is -1.38. The second-order valence-electron chi connectivity index (χ2n) is 7.44. The number of nitrogens with one attached hydrogen (secondary N) is 2. The highest BCUT2D eigenvalue weighted by Crippen LogP contribution is 2.24. The van der Waals surface area contributed by atoms with Gasteiger partial charge in [-0.2, -0.15) is 5.26 Å². The van der Waals surface area contributed by atoms with Crippen LogP contribution in [-0.2, 0) is 20.9 Å². The molecule has 1 saturated heterocycles. The third-order valence-electron chi connectivity index (χ3n) is 5.26. The normalized spacial score (nSPS) is 16.2. The molecule has 33 heavy (non-hydrogen) atoms. The van der Waals surface area contributed by atoms with Crippen LogP contribution in [0, 0.1) is 31.1 Å². The first-order valence-corrected chi connectivity index (χ1v) is 10.4. The fraction of sp³-hybridized carbons (Fsp3) is 0.208. The summed E-state index contributed by atoms with van der Waals surface area (Å²) >= 11 is 5.20. The van der Waals surface area contributed by atoms with Crippen molar-refractivity contribution in [2.45, 2.75) is 20.4 Å². The summed E-state index contributed by atoms with van der Waals surface area (Å²) in [7, 11) is 1.55. The van der Waals surface area contributed by atoms with Crippen LogP contribution >= 0.6 is 12.2 Å². The molecule has 1 aliphatic rings. The third kappa shape index (κ3) is 5.25. The van der Waals surface area contributed by atoms with Crippen molar-refractivity contribution >= 4 is 40.7 Å². The summed E-state index contributed by atoms with van der Waals surface area (Å²) in [6.07, 6.45) is 1.07. The maximum atomic E-state index is 13.1. The second-order valence-corrected chi connectivity index (χ2v) is 7.82. The quantitative estimate of drug-likeness (QED) is 0.295. The summed E-state index contributed by atoms with van der Waals surface area (Å²) in [5.41, 5.74) is 2.93. The number of anilines is 1. The number of ether oxygens (including phenoxy) is 1. The number of hydrogen-bond donors (Lipinski definition) is 2. The van der Waals surface area contributed by atoms with E-state index in [9.17, 15) is 19.6 Å². The van der Waals surface area contributed by atoms with E-state index in [1.165, 1.54) is 4.90 Å². The molecule has 0 aliphatic carbocycles. The van der Waals surface area contributed by atoms with Gasteiger partial charge < -0.3 is 15.4 Å². The van der Waals surface area contributed by atoms with Gasteiger partial charge in [-0.25, -0.2) is 0 Å². The lowest BCUT2D eigenvalue weighted by Crippen LogP contribution is -2.57. The van der Waals surface area contributed by atoms with Crippen LogP contribution in [-0.4, -0.2) is 29.9 Å². The topological polar surface area (TPSA) is 112 Å². The average Bonchev–Trinajstić information content (AvgIpc) is 2.80. The number of benzene rings is 2. The predicted octanol–water partition coefficient (Wildman–Crippen LogP) is 2.44. The van der Waals surface area contributed by atoms with Crippen LogP contribution in [0.15, 0.2) is 54.1 Å². The maximum absolute atomic E-state index is 13.1. The van der Waals surface area contributed by atoms with Crippen LogP contribution in [0.4, 0.5) is 5.69 Å². The zero-order chi connectivity index (χ0) is 24.1. The van der Waals surface area contributed by atoms with Crippen molar-refractivity contribution in [2.75, 3.05) is 12.0 Å². The zero-order valence-electron chi connectivity index (χ0n) is 18.3. The van der Waals surface area contributed by atoms with E-state index in [0.717, 1.165) is 22.8 Å². The van der Waals surface area contributed by atoms with Crippen molar-refractivity contribution in [3.05, 3.63) is 70.8 Å². The van der Waals surface area contributed by atoms with E-state index >= 15 is 0 Å². The van der Waals surface area contributed by atoms with Crippen molar-refractivity contribution in [1.29, 1.82) is 5.26 Å². The van der Waals surface area contributed by atoms with E-state index in [1.54, 1.807) is 49.6 Å². The first-order valence-electron chi connectivity index (χ1n) is 10.0. The number of hydrogen-bond acceptors (Lipinski definition) is 6. The highest BCUT2D eigenvalue weighted by Gasteiger charge is 2.39. The standard InChI is InChI=1S/C24H22N4O4S/c1-14-4-7-18(10-15(14)2)28-23(31)20(22(30)27-24(28)33)11-17(12-25)21(29)26-13-16-5-8-19(32-3)9-6-16/h4-11,20H,13H2,1-3H3,(H,26,29)(H,27,30,33)/b17-11+/t20-/m1/s1. The fourth-order valence-electron chi connectivity index (χ4n) is 3.20. The number of thiocarbonyl (C=S) groups is 1.